The molecular formula is C10H11BrN4O3S. The second-order valence-corrected chi connectivity index (χ2v) is 6.20. The summed E-state index contributed by atoms with van der Waals surface area (Å²) < 4.78 is 32.3. The molecule has 0 bridgehead atoms. The van der Waals surface area contributed by atoms with Gasteiger partial charge in [0.25, 0.3) is 10.0 Å². The average molecular weight is 347 g/mol. The van der Waals surface area contributed by atoms with Crippen LogP contribution in [0.3, 0.4) is 0 Å². The van der Waals surface area contributed by atoms with E-state index in [0.717, 1.165) is 6.20 Å². The normalized spacial score (nSPS) is 11.3. The zero-order valence-electron chi connectivity index (χ0n) is 9.84. The molecule has 0 saturated heterocycles. The fourth-order valence-corrected chi connectivity index (χ4v) is 2.99. The van der Waals surface area contributed by atoms with Crippen LogP contribution in [-0.2, 0) is 10.0 Å². The second-order valence-electron chi connectivity index (χ2n) is 3.63. The van der Waals surface area contributed by atoms with Crippen molar-refractivity contribution < 1.29 is 13.2 Å². The average Bonchev–Trinajstić information content (AvgIpc) is 2.74. The fraction of sp³-hybridized carbons (Fsp3) is 0.100. The summed E-state index contributed by atoms with van der Waals surface area (Å²) in [5, 5.41) is 5.95. The van der Waals surface area contributed by atoms with E-state index in [0.29, 0.717) is 15.9 Å². The third-order valence-corrected chi connectivity index (χ3v) is 4.15. The van der Waals surface area contributed by atoms with Gasteiger partial charge >= 0.3 is 0 Å². The smallest absolute Gasteiger partial charge is 0.267 e. The Morgan fingerprint density at radius 1 is 1.42 bits per heavy atom. The molecule has 1 aromatic carbocycles. The van der Waals surface area contributed by atoms with Gasteiger partial charge in [0.1, 0.15) is 16.5 Å². The number of halogens is 1. The van der Waals surface area contributed by atoms with Crippen molar-refractivity contribution in [3.63, 3.8) is 0 Å². The molecule has 4 N–H and O–H groups in total. The Bertz CT molecular complexity index is 699. The molecule has 0 fully saturated rings. The number of anilines is 2. The zero-order chi connectivity index (χ0) is 14.0. The summed E-state index contributed by atoms with van der Waals surface area (Å²) in [5.74, 6) is 0.502. The van der Waals surface area contributed by atoms with Gasteiger partial charge in [0.05, 0.1) is 19.0 Å². The van der Waals surface area contributed by atoms with E-state index in [4.69, 9.17) is 10.5 Å². The molecule has 2 rings (SSSR count). The lowest BCUT2D eigenvalue weighted by Gasteiger charge is -2.09. The lowest BCUT2D eigenvalue weighted by Crippen LogP contribution is -2.14. The molecule has 0 saturated carbocycles. The Labute approximate surface area is 118 Å². The molecule has 0 radical (unpaired) electrons. The molecule has 102 valence electrons. The van der Waals surface area contributed by atoms with Crippen LogP contribution in [0.5, 0.6) is 5.75 Å². The van der Waals surface area contributed by atoms with E-state index in [1.807, 2.05) is 0 Å². The van der Waals surface area contributed by atoms with E-state index in [1.165, 1.54) is 7.11 Å². The number of methoxy groups -OCH3 is 1. The van der Waals surface area contributed by atoms with Gasteiger partial charge in [0, 0.05) is 10.5 Å². The van der Waals surface area contributed by atoms with Crippen molar-refractivity contribution >= 4 is 37.5 Å². The van der Waals surface area contributed by atoms with Gasteiger partial charge in [-0.25, -0.2) is 8.42 Å². The van der Waals surface area contributed by atoms with Crippen LogP contribution in [0.15, 0.2) is 33.8 Å². The van der Waals surface area contributed by atoms with E-state index in [9.17, 15) is 8.42 Å². The quantitative estimate of drug-likeness (QED) is 0.778. The minimum absolute atomic E-state index is 0.0190. The molecule has 0 aliphatic heterocycles. The molecule has 2 aromatic rings. The standard InChI is InChI=1S/C10H11BrN4O3S/c1-18-8-3-6(11)2-7(4-8)15-19(16,17)9-5-13-14-10(9)12/h2-5,15H,1H3,(H3,12,13,14). The first-order valence-corrected chi connectivity index (χ1v) is 7.36. The molecule has 19 heavy (non-hydrogen) atoms. The second kappa shape index (κ2) is 5.10. The van der Waals surface area contributed by atoms with Crippen molar-refractivity contribution in [2.75, 3.05) is 17.6 Å². The third kappa shape index (κ3) is 2.99. The summed E-state index contributed by atoms with van der Waals surface area (Å²) in [6.45, 7) is 0. The molecule has 0 aliphatic carbocycles. The summed E-state index contributed by atoms with van der Waals surface area (Å²) in [7, 11) is -2.29. The third-order valence-electron chi connectivity index (χ3n) is 2.28. The van der Waals surface area contributed by atoms with Gasteiger partial charge in [-0.3, -0.25) is 9.82 Å². The number of H-pyrrole nitrogens is 1. The number of benzene rings is 1. The Morgan fingerprint density at radius 3 is 2.74 bits per heavy atom. The predicted octanol–water partition coefficient (Wildman–Crippen LogP) is 1.56. The first-order chi connectivity index (χ1) is 8.92. The number of nitrogen functional groups attached to an aromatic ring is 1. The van der Waals surface area contributed by atoms with Crippen LogP contribution < -0.4 is 15.2 Å². The van der Waals surface area contributed by atoms with E-state index in [2.05, 4.69) is 30.8 Å². The van der Waals surface area contributed by atoms with E-state index in [1.54, 1.807) is 18.2 Å². The molecule has 0 atom stereocenters. The van der Waals surface area contributed by atoms with Gasteiger partial charge in [-0.2, -0.15) is 5.10 Å². The topological polar surface area (TPSA) is 110 Å². The highest BCUT2D eigenvalue weighted by molar-refractivity contribution is 9.10. The lowest BCUT2D eigenvalue weighted by molar-refractivity contribution is 0.415. The van der Waals surface area contributed by atoms with Gasteiger partial charge in [0.15, 0.2) is 0 Å². The maximum atomic E-state index is 12.1. The van der Waals surface area contributed by atoms with Crippen molar-refractivity contribution in [2.45, 2.75) is 4.90 Å². The predicted molar refractivity (Wildman–Crippen MR) is 74.5 cm³/mol. The zero-order valence-corrected chi connectivity index (χ0v) is 12.2. The molecule has 0 aliphatic rings. The van der Waals surface area contributed by atoms with Crippen molar-refractivity contribution in [1.29, 1.82) is 0 Å². The number of aromatic amines is 1. The number of nitrogens with zero attached hydrogens (tertiary/aromatic N) is 1. The summed E-state index contributed by atoms with van der Waals surface area (Å²) in [6, 6.07) is 4.87. The van der Waals surface area contributed by atoms with Crippen LogP contribution in [0.2, 0.25) is 0 Å². The number of nitrogens with one attached hydrogen (secondary N) is 2. The molecule has 0 amide bonds. The summed E-state index contributed by atoms with van der Waals surface area (Å²) in [6.07, 6.45) is 1.15. The Morgan fingerprint density at radius 2 is 2.16 bits per heavy atom. The molecule has 1 heterocycles. The number of rotatable bonds is 4. The highest BCUT2D eigenvalue weighted by Gasteiger charge is 2.19. The minimum Gasteiger partial charge on any atom is -0.497 e. The summed E-state index contributed by atoms with van der Waals surface area (Å²) in [5.41, 5.74) is 5.85. The van der Waals surface area contributed by atoms with E-state index >= 15 is 0 Å². The van der Waals surface area contributed by atoms with Crippen LogP contribution >= 0.6 is 15.9 Å². The van der Waals surface area contributed by atoms with Gasteiger partial charge in [-0.15, -0.1) is 0 Å². The molecule has 9 heteroatoms. The Hall–Kier alpha value is -1.74. The largest absolute Gasteiger partial charge is 0.497 e. The van der Waals surface area contributed by atoms with Crippen molar-refractivity contribution in [2.24, 2.45) is 0 Å². The fourth-order valence-electron chi connectivity index (χ4n) is 1.45. The van der Waals surface area contributed by atoms with E-state index in [-0.39, 0.29) is 10.7 Å². The van der Waals surface area contributed by atoms with Crippen LogP contribution in [0.1, 0.15) is 0 Å². The van der Waals surface area contributed by atoms with Crippen LogP contribution in [-0.4, -0.2) is 25.7 Å². The summed E-state index contributed by atoms with van der Waals surface area (Å²) >= 11 is 3.27. The molecule has 0 unspecified atom stereocenters. The number of hydrogen-bond donors (Lipinski definition) is 3. The number of nitrogens with two attached hydrogens (primary N) is 1. The van der Waals surface area contributed by atoms with Gasteiger partial charge < -0.3 is 10.5 Å². The molecule has 0 spiro atoms. The molecule has 1 aromatic heterocycles. The monoisotopic (exact) mass is 346 g/mol. The Balaban J connectivity index is 2.36. The molecule has 7 nitrogen and oxygen atoms in total. The van der Waals surface area contributed by atoms with Crippen LogP contribution in [0.25, 0.3) is 0 Å². The SMILES string of the molecule is COc1cc(Br)cc(NS(=O)(=O)c2cn[nH]c2N)c1. The maximum absolute atomic E-state index is 12.1. The van der Waals surface area contributed by atoms with Gasteiger partial charge in [-0.05, 0) is 12.1 Å². The maximum Gasteiger partial charge on any atom is 0.267 e. The van der Waals surface area contributed by atoms with Gasteiger partial charge in [0.2, 0.25) is 0 Å². The Kier molecular flexibility index (Phi) is 3.67. The number of ether oxygens (including phenoxy) is 1. The highest BCUT2D eigenvalue weighted by atomic mass is 79.9. The van der Waals surface area contributed by atoms with Crippen molar-refractivity contribution in [3.05, 3.63) is 28.9 Å². The number of hydrogen-bond acceptors (Lipinski definition) is 5. The van der Waals surface area contributed by atoms with Crippen molar-refractivity contribution in [3.8, 4) is 5.75 Å². The van der Waals surface area contributed by atoms with Crippen LogP contribution in [0, 0.1) is 0 Å². The lowest BCUT2D eigenvalue weighted by atomic mass is 10.3. The van der Waals surface area contributed by atoms with Crippen molar-refractivity contribution in [1.82, 2.24) is 10.2 Å². The van der Waals surface area contributed by atoms with Crippen LogP contribution in [0.4, 0.5) is 11.5 Å². The number of aromatic nitrogens is 2. The number of sulfonamides is 1. The van der Waals surface area contributed by atoms with E-state index < -0.39 is 10.0 Å². The molecular weight excluding hydrogens is 336 g/mol. The highest BCUT2D eigenvalue weighted by Crippen LogP contribution is 2.27. The minimum atomic E-state index is -3.79. The first kappa shape index (κ1) is 13.7. The summed E-state index contributed by atoms with van der Waals surface area (Å²) in [4.78, 5) is -0.105. The first-order valence-electron chi connectivity index (χ1n) is 5.08. The van der Waals surface area contributed by atoms with Gasteiger partial charge in [-0.1, -0.05) is 15.9 Å².